The van der Waals surface area contributed by atoms with Gasteiger partial charge in [0.05, 0.1) is 19.3 Å². The zero-order chi connectivity index (χ0) is 17.4. The van der Waals surface area contributed by atoms with Crippen molar-refractivity contribution in [2.75, 3.05) is 26.9 Å². The van der Waals surface area contributed by atoms with E-state index in [1.54, 1.807) is 13.2 Å². The Balaban J connectivity index is 1.75. The third-order valence-corrected chi connectivity index (χ3v) is 5.16. The van der Waals surface area contributed by atoms with Crippen molar-refractivity contribution in [1.82, 2.24) is 4.90 Å². The van der Waals surface area contributed by atoms with Crippen LogP contribution >= 0.6 is 0 Å². The molecule has 2 aromatic carbocycles. The number of likely N-dealkylation sites (tertiary alicyclic amines) is 1. The molecule has 2 aliphatic heterocycles. The second-order valence-electron chi connectivity index (χ2n) is 6.64. The molecule has 4 nitrogen and oxygen atoms in total. The first-order valence-corrected chi connectivity index (χ1v) is 8.46. The highest BCUT2D eigenvalue weighted by Gasteiger charge is 2.48. The maximum absolute atomic E-state index is 13.9. The van der Waals surface area contributed by atoms with Crippen molar-refractivity contribution < 1.29 is 18.7 Å². The molecule has 0 N–H and O–H groups in total. The maximum Gasteiger partial charge on any atom is 0.254 e. The second-order valence-corrected chi connectivity index (χ2v) is 6.64. The summed E-state index contributed by atoms with van der Waals surface area (Å²) in [6, 6.07) is 13.6. The van der Waals surface area contributed by atoms with Gasteiger partial charge >= 0.3 is 0 Å². The summed E-state index contributed by atoms with van der Waals surface area (Å²) in [5.41, 5.74) is 1.39. The van der Waals surface area contributed by atoms with Gasteiger partial charge in [-0.1, -0.05) is 18.2 Å². The first-order chi connectivity index (χ1) is 12.2. The van der Waals surface area contributed by atoms with Crippen LogP contribution in [0, 0.1) is 17.7 Å². The van der Waals surface area contributed by atoms with Crippen LogP contribution in [-0.4, -0.2) is 37.7 Å². The number of methoxy groups -OCH3 is 1. The average Bonchev–Trinajstić information content (AvgIpc) is 3.01. The van der Waals surface area contributed by atoms with Gasteiger partial charge in [0, 0.05) is 36.6 Å². The number of carbonyl (C=O) groups is 1. The van der Waals surface area contributed by atoms with E-state index in [0.717, 1.165) is 5.56 Å². The minimum atomic E-state index is -0.315. The normalized spacial score (nSPS) is 24.4. The van der Waals surface area contributed by atoms with Gasteiger partial charge in [-0.05, 0) is 30.3 Å². The molecule has 2 aliphatic rings. The molecule has 0 radical (unpaired) electrons. The molecular formula is C20H20FNO3. The highest BCUT2D eigenvalue weighted by molar-refractivity contribution is 5.94. The number of nitrogens with zero attached hydrogens (tertiary/aromatic N) is 1. The number of halogens is 1. The number of carbonyl (C=O) groups excluding carboxylic acids is 1. The predicted octanol–water partition coefficient (Wildman–Crippen LogP) is 3.29. The number of hydrogen-bond acceptors (Lipinski definition) is 3. The molecular weight excluding hydrogens is 321 g/mol. The van der Waals surface area contributed by atoms with Gasteiger partial charge in [-0.25, -0.2) is 4.39 Å². The van der Waals surface area contributed by atoms with Crippen LogP contribution in [0.25, 0.3) is 0 Å². The number of rotatable bonds is 3. The zero-order valence-corrected chi connectivity index (χ0v) is 14.0. The molecule has 0 aromatic heterocycles. The summed E-state index contributed by atoms with van der Waals surface area (Å²) < 4.78 is 25.1. The van der Waals surface area contributed by atoms with E-state index in [0.29, 0.717) is 31.1 Å². The van der Waals surface area contributed by atoms with E-state index in [-0.39, 0.29) is 29.6 Å². The Morgan fingerprint density at radius 2 is 2.08 bits per heavy atom. The molecule has 0 unspecified atom stereocenters. The summed E-state index contributed by atoms with van der Waals surface area (Å²) >= 11 is 0. The fraction of sp³-hybridized carbons (Fsp3) is 0.350. The third kappa shape index (κ3) is 2.78. The monoisotopic (exact) mass is 341 g/mol. The van der Waals surface area contributed by atoms with Crippen LogP contribution < -0.4 is 4.74 Å². The Morgan fingerprint density at radius 1 is 1.28 bits per heavy atom. The van der Waals surface area contributed by atoms with Gasteiger partial charge in [0.15, 0.2) is 0 Å². The van der Waals surface area contributed by atoms with Gasteiger partial charge in [0.2, 0.25) is 0 Å². The molecule has 0 spiro atoms. The molecule has 0 saturated carbocycles. The van der Waals surface area contributed by atoms with Crippen LogP contribution in [-0.2, 0) is 4.74 Å². The van der Waals surface area contributed by atoms with Crippen LogP contribution in [0.3, 0.4) is 0 Å². The number of hydrogen-bond donors (Lipinski definition) is 0. The van der Waals surface area contributed by atoms with Crippen molar-refractivity contribution in [2.24, 2.45) is 11.8 Å². The Hall–Kier alpha value is -2.40. The fourth-order valence-corrected chi connectivity index (χ4v) is 4.03. The van der Waals surface area contributed by atoms with Crippen molar-refractivity contribution in [2.45, 2.75) is 6.04 Å². The fourth-order valence-electron chi connectivity index (χ4n) is 4.03. The Morgan fingerprint density at radius 3 is 2.84 bits per heavy atom. The molecule has 1 amide bonds. The van der Waals surface area contributed by atoms with Gasteiger partial charge in [0.25, 0.3) is 5.91 Å². The molecule has 3 atom stereocenters. The molecule has 2 aromatic rings. The standard InChI is InChI=1S/C20H20FNO3/c1-24-11-14-10-22(20(23)13-5-3-2-4-6-13)19-16-9-15(21)7-8-18(16)25-12-17(14)19/h2-9,14,17,19H,10-12H2,1H3/t14-,17-,19-/m0/s1. The van der Waals surface area contributed by atoms with Crippen LogP contribution in [0.2, 0.25) is 0 Å². The van der Waals surface area contributed by atoms with Crippen molar-refractivity contribution in [3.05, 3.63) is 65.5 Å². The SMILES string of the molecule is COC[C@@H]1CN(C(=O)c2ccccc2)[C@H]2c3cc(F)ccc3OC[C@@H]12. The van der Waals surface area contributed by atoms with E-state index < -0.39 is 0 Å². The van der Waals surface area contributed by atoms with E-state index in [4.69, 9.17) is 9.47 Å². The van der Waals surface area contributed by atoms with E-state index in [1.165, 1.54) is 12.1 Å². The van der Waals surface area contributed by atoms with Gasteiger partial charge in [-0.15, -0.1) is 0 Å². The molecule has 2 heterocycles. The number of benzene rings is 2. The van der Waals surface area contributed by atoms with Crippen molar-refractivity contribution in [1.29, 1.82) is 0 Å². The van der Waals surface area contributed by atoms with E-state index in [1.807, 2.05) is 35.2 Å². The molecule has 0 aliphatic carbocycles. The van der Waals surface area contributed by atoms with Gasteiger partial charge in [-0.3, -0.25) is 4.79 Å². The summed E-state index contributed by atoms with van der Waals surface area (Å²) in [5.74, 6) is 0.573. The van der Waals surface area contributed by atoms with E-state index >= 15 is 0 Å². The van der Waals surface area contributed by atoms with Crippen LogP contribution in [0.5, 0.6) is 5.75 Å². The molecule has 0 bridgehead atoms. The maximum atomic E-state index is 13.9. The van der Waals surface area contributed by atoms with Crippen LogP contribution in [0.4, 0.5) is 4.39 Å². The van der Waals surface area contributed by atoms with Gasteiger partial charge in [-0.2, -0.15) is 0 Å². The molecule has 5 heteroatoms. The number of ether oxygens (including phenoxy) is 2. The Labute approximate surface area is 146 Å². The lowest BCUT2D eigenvalue weighted by atomic mass is 9.85. The smallest absolute Gasteiger partial charge is 0.254 e. The first-order valence-electron chi connectivity index (χ1n) is 8.46. The van der Waals surface area contributed by atoms with Crippen LogP contribution in [0.1, 0.15) is 22.0 Å². The summed E-state index contributed by atoms with van der Waals surface area (Å²) in [5, 5.41) is 0. The van der Waals surface area contributed by atoms with Crippen molar-refractivity contribution >= 4 is 5.91 Å². The Kier molecular flexibility index (Phi) is 4.17. The first kappa shape index (κ1) is 16.1. The summed E-state index contributed by atoms with van der Waals surface area (Å²) in [6.07, 6.45) is 0. The minimum absolute atomic E-state index is 0.0358. The number of amides is 1. The predicted molar refractivity (Wildman–Crippen MR) is 91.0 cm³/mol. The van der Waals surface area contributed by atoms with Gasteiger partial charge in [0.1, 0.15) is 11.6 Å². The highest BCUT2D eigenvalue weighted by atomic mass is 19.1. The average molecular weight is 341 g/mol. The molecule has 4 rings (SSSR count). The summed E-state index contributed by atoms with van der Waals surface area (Å²) in [4.78, 5) is 14.9. The summed E-state index contributed by atoms with van der Waals surface area (Å²) in [7, 11) is 1.66. The Bertz CT molecular complexity index is 780. The highest BCUT2D eigenvalue weighted by Crippen LogP contribution is 2.48. The zero-order valence-electron chi connectivity index (χ0n) is 14.0. The van der Waals surface area contributed by atoms with Crippen molar-refractivity contribution in [3.8, 4) is 5.75 Å². The summed E-state index contributed by atoms with van der Waals surface area (Å²) in [6.45, 7) is 1.64. The van der Waals surface area contributed by atoms with E-state index in [2.05, 4.69) is 0 Å². The topological polar surface area (TPSA) is 38.8 Å². The molecule has 1 saturated heterocycles. The molecule has 25 heavy (non-hydrogen) atoms. The third-order valence-electron chi connectivity index (χ3n) is 5.16. The minimum Gasteiger partial charge on any atom is -0.493 e. The second kappa shape index (κ2) is 6.48. The largest absolute Gasteiger partial charge is 0.493 e. The molecule has 1 fully saturated rings. The van der Waals surface area contributed by atoms with E-state index in [9.17, 15) is 9.18 Å². The molecule has 130 valence electrons. The lowest BCUT2D eigenvalue weighted by Crippen LogP contribution is -2.35. The van der Waals surface area contributed by atoms with Crippen molar-refractivity contribution in [3.63, 3.8) is 0 Å². The quantitative estimate of drug-likeness (QED) is 0.860. The lowest BCUT2D eigenvalue weighted by molar-refractivity contribution is 0.0671. The lowest BCUT2D eigenvalue weighted by Gasteiger charge is -2.34. The van der Waals surface area contributed by atoms with Gasteiger partial charge < -0.3 is 14.4 Å². The number of fused-ring (bicyclic) bond motifs is 3. The van der Waals surface area contributed by atoms with Crippen LogP contribution in [0.15, 0.2) is 48.5 Å².